The van der Waals surface area contributed by atoms with Gasteiger partial charge in [0.2, 0.25) is 0 Å². The Balaban J connectivity index is 1.25. The molecule has 3 aromatic rings. The summed E-state index contributed by atoms with van der Waals surface area (Å²) in [5.41, 5.74) is 6.24. The lowest BCUT2D eigenvalue weighted by atomic mass is 9.88. The van der Waals surface area contributed by atoms with E-state index in [0.29, 0.717) is 18.5 Å². The minimum atomic E-state index is 0.0401. The Labute approximate surface area is 227 Å². The molecule has 0 unspecified atom stereocenters. The predicted octanol–water partition coefficient (Wildman–Crippen LogP) is 5.47. The minimum Gasteiger partial charge on any atom is -0.366 e. The molecule has 5 rings (SSSR count). The van der Waals surface area contributed by atoms with Gasteiger partial charge in [-0.3, -0.25) is 0 Å². The van der Waals surface area contributed by atoms with Crippen LogP contribution in [0, 0.1) is 5.41 Å². The summed E-state index contributed by atoms with van der Waals surface area (Å²) in [7, 11) is 0. The number of amides is 2. The Kier molecular flexibility index (Phi) is 7.66. The largest absolute Gasteiger partial charge is 0.366 e. The molecule has 7 heteroatoms. The monoisotopic (exact) mass is 516 g/mol. The standard InChI is InChI=1S/C31H44N6O/c1-23(2)34-14-11-26(12-15-34)24-6-8-25(9-7-24)27-20-29-28(10-13-33-37(29)21-27)35-16-18-36(19-17-35)30(38)32-22-31(3,4)5/h6-10,13,20-21,23,26H,11-12,14-19,22H2,1-5H3,(H,32,38). The average Bonchev–Trinajstić information content (AvgIpc) is 3.36. The van der Waals surface area contributed by atoms with Crippen molar-refractivity contribution in [3.63, 3.8) is 0 Å². The first-order chi connectivity index (χ1) is 18.2. The molecule has 2 aromatic heterocycles. The maximum absolute atomic E-state index is 12.6. The normalized spacial score (nSPS) is 17.9. The molecule has 0 atom stereocenters. The van der Waals surface area contributed by atoms with Crippen LogP contribution in [0.1, 0.15) is 58.9 Å². The first kappa shape index (κ1) is 26.5. The maximum atomic E-state index is 12.6. The van der Waals surface area contributed by atoms with E-state index in [4.69, 9.17) is 0 Å². The fourth-order valence-electron chi connectivity index (χ4n) is 5.73. The number of carbonyl (C=O) groups is 1. The molecule has 38 heavy (non-hydrogen) atoms. The molecular formula is C31H44N6O. The van der Waals surface area contributed by atoms with Crippen molar-refractivity contribution in [2.75, 3.05) is 50.7 Å². The number of rotatable bonds is 5. The lowest BCUT2D eigenvalue weighted by Crippen LogP contribution is -2.52. The molecule has 2 aliphatic heterocycles. The van der Waals surface area contributed by atoms with Crippen LogP contribution in [0.2, 0.25) is 0 Å². The van der Waals surface area contributed by atoms with E-state index in [0.717, 1.165) is 31.7 Å². The molecule has 2 fully saturated rings. The second-order valence-corrected chi connectivity index (χ2v) is 12.5. The van der Waals surface area contributed by atoms with Crippen LogP contribution in [0.4, 0.5) is 10.5 Å². The van der Waals surface area contributed by atoms with E-state index in [9.17, 15) is 4.79 Å². The van der Waals surface area contributed by atoms with Gasteiger partial charge in [-0.1, -0.05) is 45.0 Å². The van der Waals surface area contributed by atoms with Crippen molar-refractivity contribution < 1.29 is 4.79 Å². The molecule has 0 saturated carbocycles. The van der Waals surface area contributed by atoms with Gasteiger partial charge < -0.3 is 20.0 Å². The number of carbonyl (C=O) groups excluding carboxylic acids is 1. The zero-order valence-corrected chi connectivity index (χ0v) is 23.8. The van der Waals surface area contributed by atoms with Crippen molar-refractivity contribution in [2.45, 2.75) is 59.4 Å². The summed E-state index contributed by atoms with van der Waals surface area (Å²) >= 11 is 0. The van der Waals surface area contributed by atoms with Crippen LogP contribution in [0.15, 0.2) is 48.8 Å². The topological polar surface area (TPSA) is 56.1 Å². The molecule has 0 spiro atoms. The van der Waals surface area contributed by atoms with Crippen molar-refractivity contribution in [1.82, 2.24) is 24.7 Å². The second kappa shape index (κ2) is 11.0. The van der Waals surface area contributed by atoms with Crippen molar-refractivity contribution in [2.24, 2.45) is 5.41 Å². The van der Waals surface area contributed by atoms with Gasteiger partial charge in [0.25, 0.3) is 0 Å². The van der Waals surface area contributed by atoms with E-state index < -0.39 is 0 Å². The maximum Gasteiger partial charge on any atom is 0.317 e. The van der Waals surface area contributed by atoms with Gasteiger partial charge in [0.05, 0.1) is 11.2 Å². The van der Waals surface area contributed by atoms with Gasteiger partial charge in [-0.15, -0.1) is 0 Å². The summed E-state index contributed by atoms with van der Waals surface area (Å²) in [6, 6.07) is 14.2. The number of nitrogens with one attached hydrogen (secondary N) is 1. The van der Waals surface area contributed by atoms with E-state index in [1.54, 1.807) is 0 Å². The lowest BCUT2D eigenvalue weighted by Gasteiger charge is -2.36. The van der Waals surface area contributed by atoms with Crippen LogP contribution in [-0.2, 0) is 0 Å². The first-order valence-electron chi connectivity index (χ1n) is 14.3. The van der Waals surface area contributed by atoms with Gasteiger partial charge in [-0.05, 0) is 74.4 Å². The van der Waals surface area contributed by atoms with Crippen LogP contribution in [0.5, 0.6) is 0 Å². The highest BCUT2D eigenvalue weighted by atomic mass is 16.2. The molecule has 4 heterocycles. The van der Waals surface area contributed by atoms with E-state index in [2.05, 4.69) is 97.4 Å². The number of fused-ring (bicyclic) bond motifs is 1. The van der Waals surface area contributed by atoms with Crippen molar-refractivity contribution >= 4 is 17.2 Å². The third kappa shape index (κ3) is 5.98. The first-order valence-corrected chi connectivity index (χ1v) is 14.3. The SMILES string of the molecule is CC(C)N1CCC(c2ccc(-c3cc4c(N5CCN(C(=O)NCC(C)(C)C)CC5)ccnn4c3)cc2)CC1. The van der Waals surface area contributed by atoms with Crippen molar-refractivity contribution in [1.29, 1.82) is 0 Å². The number of benzene rings is 1. The second-order valence-electron chi connectivity index (χ2n) is 12.5. The third-order valence-electron chi connectivity index (χ3n) is 8.14. The van der Waals surface area contributed by atoms with Gasteiger partial charge >= 0.3 is 6.03 Å². The lowest BCUT2D eigenvalue weighted by molar-refractivity contribution is 0.172. The van der Waals surface area contributed by atoms with Gasteiger partial charge in [0, 0.05) is 56.7 Å². The number of anilines is 1. The van der Waals surface area contributed by atoms with Gasteiger partial charge in [0.1, 0.15) is 0 Å². The summed E-state index contributed by atoms with van der Waals surface area (Å²) in [5, 5.41) is 7.68. The summed E-state index contributed by atoms with van der Waals surface area (Å²) in [5.74, 6) is 0.662. The Hall–Kier alpha value is -3.06. The summed E-state index contributed by atoms with van der Waals surface area (Å²) in [6.07, 6.45) is 6.49. The third-order valence-corrected chi connectivity index (χ3v) is 8.14. The van der Waals surface area contributed by atoms with Gasteiger partial charge in [-0.25, -0.2) is 9.31 Å². The number of piperidine rings is 1. The van der Waals surface area contributed by atoms with Gasteiger partial charge in [0.15, 0.2) is 0 Å². The predicted molar refractivity (Wildman–Crippen MR) is 156 cm³/mol. The quantitative estimate of drug-likeness (QED) is 0.489. The molecule has 0 bridgehead atoms. The van der Waals surface area contributed by atoms with E-state index in [-0.39, 0.29) is 11.4 Å². The molecule has 204 valence electrons. The Morgan fingerprint density at radius 1 is 0.974 bits per heavy atom. The molecule has 7 nitrogen and oxygen atoms in total. The summed E-state index contributed by atoms with van der Waals surface area (Å²) in [6.45, 7) is 17.1. The molecule has 2 saturated heterocycles. The number of aromatic nitrogens is 2. The number of likely N-dealkylation sites (tertiary alicyclic amines) is 1. The van der Waals surface area contributed by atoms with Crippen molar-refractivity contribution in [3.05, 3.63) is 54.4 Å². The molecule has 2 aliphatic rings. The highest BCUT2D eigenvalue weighted by Crippen LogP contribution is 2.32. The van der Waals surface area contributed by atoms with E-state index in [1.165, 1.54) is 48.3 Å². The minimum absolute atomic E-state index is 0.0401. The van der Waals surface area contributed by atoms with Crippen molar-refractivity contribution in [3.8, 4) is 11.1 Å². The molecule has 1 N–H and O–H groups in total. The van der Waals surface area contributed by atoms with Gasteiger partial charge in [-0.2, -0.15) is 5.10 Å². The molecule has 0 aliphatic carbocycles. The molecule has 0 radical (unpaired) electrons. The van der Waals surface area contributed by atoms with Crippen LogP contribution in [0.25, 0.3) is 16.6 Å². The Morgan fingerprint density at radius 3 is 2.29 bits per heavy atom. The molecule has 1 aromatic carbocycles. The molecule has 2 amide bonds. The fourth-order valence-corrected chi connectivity index (χ4v) is 5.73. The van der Waals surface area contributed by atoms with Crippen LogP contribution >= 0.6 is 0 Å². The van der Waals surface area contributed by atoms with Crippen LogP contribution in [-0.4, -0.2) is 77.3 Å². The van der Waals surface area contributed by atoms with Crippen LogP contribution < -0.4 is 10.2 Å². The van der Waals surface area contributed by atoms with E-state index >= 15 is 0 Å². The zero-order valence-electron chi connectivity index (χ0n) is 23.8. The number of nitrogens with zero attached hydrogens (tertiary/aromatic N) is 5. The highest BCUT2D eigenvalue weighted by Gasteiger charge is 2.24. The number of piperazine rings is 1. The number of hydrogen-bond acceptors (Lipinski definition) is 4. The average molecular weight is 517 g/mol. The highest BCUT2D eigenvalue weighted by molar-refractivity contribution is 5.80. The number of urea groups is 1. The van der Waals surface area contributed by atoms with Crippen LogP contribution in [0.3, 0.4) is 0 Å². The van der Waals surface area contributed by atoms with E-state index in [1.807, 2.05) is 15.6 Å². The smallest absolute Gasteiger partial charge is 0.317 e. The Bertz CT molecular complexity index is 1230. The summed E-state index contributed by atoms with van der Waals surface area (Å²) < 4.78 is 1.99. The Morgan fingerprint density at radius 2 is 1.66 bits per heavy atom. The fraction of sp³-hybridized carbons (Fsp3) is 0.548. The summed E-state index contributed by atoms with van der Waals surface area (Å²) in [4.78, 5) is 19.5. The number of hydrogen-bond donors (Lipinski definition) is 1. The zero-order chi connectivity index (χ0) is 26.9. The molecular weight excluding hydrogens is 472 g/mol.